The standard InChI is InChI=1S/C35H39I3N2O11S4/c1-3-12-30(55(49,50)51)40-26-17-16-23(54(46,47)48)21-24(26)35(2,18-10-9-15-31(41)42)28(40)13-7-5-4-6-8-14-29-39(19-11-20-53(43,44)45)27-22-25(36)32(37)33(38)34(27)52-29/h4-8,13-14,16-17,21-22,30H,3,9-12,15,18-20H2,1-2H3,(H3-,41,42,43,44,45,46,47,48,49,50,51)/p+1. The van der Waals surface area contributed by atoms with Crippen LogP contribution in [0, 0.1) is 10.7 Å². The van der Waals surface area contributed by atoms with E-state index in [4.69, 9.17) is 0 Å². The quantitative estimate of drug-likeness (QED) is 0.0239. The number of aliphatic carboxylic acids is 1. The number of hydrogen-bond acceptors (Lipinski definition) is 9. The number of thiazole rings is 1. The van der Waals surface area contributed by atoms with Crippen molar-refractivity contribution in [3.8, 4) is 0 Å². The van der Waals surface area contributed by atoms with Crippen LogP contribution in [-0.2, 0) is 47.1 Å². The Balaban J connectivity index is 1.74. The number of halogens is 3. The average Bonchev–Trinajstić information content (AvgIpc) is 3.53. The highest BCUT2D eigenvalue weighted by molar-refractivity contribution is 14.1. The first-order valence-electron chi connectivity index (χ1n) is 16.9. The van der Waals surface area contributed by atoms with Crippen molar-refractivity contribution in [3.05, 3.63) is 87.7 Å². The molecule has 0 amide bonds. The molecule has 1 aliphatic rings. The molecule has 3 aromatic rings. The minimum atomic E-state index is -4.67. The molecule has 1 aliphatic heterocycles. The molecule has 4 N–H and O–H groups in total. The molecule has 0 bridgehead atoms. The molecule has 0 saturated heterocycles. The van der Waals surface area contributed by atoms with Crippen LogP contribution in [0.5, 0.6) is 0 Å². The predicted molar refractivity (Wildman–Crippen MR) is 239 cm³/mol. The number of benzene rings is 2. The topological polar surface area (TPSA) is 208 Å². The van der Waals surface area contributed by atoms with E-state index >= 15 is 0 Å². The summed E-state index contributed by atoms with van der Waals surface area (Å²) >= 11 is 8.42. The third kappa shape index (κ3) is 11.6. The van der Waals surface area contributed by atoms with Gasteiger partial charge in [0.2, 0.25) is 5.52 Å². The van der Waals surface area contributed by atoms with Crippen LogP contribution >= 0.6 is 79.1 Å². The van der Waals surface area contributed by atoms with Gasteiger partial charge in [-0.05, 0) is 124 Å². The summed E-state index contributed by atoms with van der Waals surface area (Å²) in [6.07, 6.45) is 13.9. The summed E-state index contributed by atoms with van der Waals surface area (Å²) in [6, 6.07) is 5.92. The maximum atomic E-state index is 12.8. The fraction of sp³-hybridized carbons (Fsp3) is 0.371. The van der Waals surface area contributed by atoms with Crippen LogP contribution in [0.4, 0.5) is 5.69 Å². The highest BCUT2D eigenvalue weighted by atomic mass is 127. The molecule has 2 unspecified atom stereocenters. The van der Waals surface area contributed by atoms with Gasteiger partial charge in [0.05, 0.1) is 14.2 Å². The first-order chi connectivity index (χ1) is 25.6. The number of carboxylic acid groups (broad SMARTS) is 1. The SMILES string of the molecule is CCCC(N1\C(=C/C=C/C=C/C=C/c2sc3c(I)c(I)c(I)cc3[n+]2CCCS(=O)(=O)O)C(C)(CCCCC(=O)O)c2cc(S(=O)(=O)O)ccc21)S(=O)(=O)O. The summed E-state index contributed by atoms with van der Waals surface area (Å²) in [6.45, 7) is 3.93. The molecule has 2 atom stereocenters. The molecule has 2 heterocycles. The number of anilines is 1. The molecule has 55 heavy (non-hydrogen) atoms. The van der Waals surface area contributed by atoms with Gasteiger partial charge in [0.1, 0.15) is 4.70 Å². The number of nitrogens with zero attached hydrogens (tertiary/aromatic N) is 2. The lowest BCUT2D eigenvalue weighted by Crippen LogP contribution is -2.41. The highest BCUT2D eigenvalue weighted by Crippen LogP contribution is 2.53. The lowest BCUT2D eigenvalue weighted by molar-refractivity contribution is -0.668. The molecule has 0 aliphatic carbocycles. The minimum absolute atomic E-state index is 0.0457. The predicted octanol–water partition coefficient (Wildman–Crippen LogP) is 7.97. The van der Waals surface area contributed by atoms with E-state index in [0.29, 0.717) is 49.2 Å². The molecule has 1 aromatic heterocycles. The molecule has 0 radical (unpaired) electrons. The van der Waals surface area contributed by atoms with Crippen LogP contribution in [0.3, 0.4) is 0 Å². The second kappa shape index (κ2) is 19.0. The Morgan fingerprint density at radius 3 is 2.24 bits per heavy atom. The molecule has 0 spiro atoms. The van der Waals surface area contributed by atoms with E-state index in [0.717, 1.165) is 25.9 Å². The summed E-state index contributed by atoms with van der Waals surface area (Å²) in [5.74, 6) is -1.34. The summed E-state index contributed by atoms with van der Waals surface area (Å²) < 4.78 is 109. The van der Waals surface area contributed by atoms with Crippen LogP contribution in [0.2, 0.25) is 0 Å². The first kappa shape index (κ1) is 46.2. The van der Waals surface area contributed by atoms with Crippen molar-refractivity contribution in [2.24, 2.45) is 0 Å². The zero-order chi connectivity index (χ0) is 40.9. The smallest absolute Gasteiger partial charge is 0.303 e. The maximum absolute atomic E-state index is 12.8. The van der Waals surface area contributed by atoms with Gasteiger partial charge in [-0.15, -0.1) is 0 Å². The lowest BCUT2D eigenvalue weighted by Gasteiger charge is -2.34. The van der Waals surface area contributed by atoms with E-state index in [1.54, 1.807) is 55.6 Å². The van der Waals surface area contributed by atoms with Gasteiger partial charge in [-0.1, -0.05) is 61.5 Å². The van der Waals surface area contributed by atoms with Crippen molar-refractivity contribution in [1.82, 2.24) is 0 Å². The Hall–Kier alpha value is -1.52. The number of allylic oxidation sites excluding steroid dienone is 7. The van der Waals surface area contributed by atoms with Gasteiger partial charge in [-0.25, -0.2) is 0 Å². The molecule has 0 fully saturated rings. The van der Waals surface area contributed by atoms with E-state index in [2.05, 4.69) is 67.8 Å². The maximum Gasteiger partial charge on any atom is 0.303 e. The van der Waals surface area contributed by atoms with Gasteiger partial charge in [0.25, 0.3) is 35.4 Å². The first-order valence-corrected chi connectivity index (χ1v) is 25.5. The fourth-order valence-corrected chi connectivity index (χ4v) is 12.2. The van der Waals surface area contributed by atoms with Gasteiger partial charge >= 0.3 is 5.97 Å². The van der Waals surface area contributed by atoms with Gasteiger partial charge < -0.3 is 10.0 Å². The van der Waals surface area contributed by atoms with E-state index in [1.165, 1.54) is 23.1 Å². The number of carboxylic acids is 1. The third-order valence-electron chi connectivity index (χ3n) is 9.01. The van der Waals surface area contributed by atoms with Crippen molar-refractivity contribution >= 4 is 137 Å². The molecule has 20 heteroatoms. The third-order valence-corrected chi connectivity index (χ3v) is 18.5. The fourth-order valence-electron chi connectivity index (χ4n) is 6.49. The van der Waals surface area contributed by atoms with Crippen molar-refractivity contribution in [3.63, 3.8) is 0 Å². The van der Waals surface area contributed by atoms with Gasteiger partial charge in [0, 0.05) is 48.9 Å². The molecule has 300 valence electrons. The van der Waals surface area contributed by atoms with E-state index in [1.807, 2.05) is 22.8 Å². The van der Waals surface area contributed by atoms with Crippen LogP contribution in [0.1, 0.15) is 69.4 Å². The average molecular weight is 1170 g/mol. The zero-order valence-corrected chi connectivity index (χ0v) is 39.3. The van der Waals surface area contributed by atoms with Gasteiger partial charge in [-0.3, -0.25) is 18.5 Å². The molecule has 2 aromatic carbocycles. The van der Waals surface area contributed by atoms with Crippen LogP contribution in [-0.4, -0.2) is 61.1 Å². The number of fused-ring (bicyclic) bond motifs is 2. The molecular weight excluding hydrogens is 1130 g/mol. The zero-order valence-electron chi connectivity index (χ0n) is 29.6. The summed E-state index contributed by atoms with van der Waals surface area (Å²) in [5, 5.41) is 8.67. The van der Waals surface area contributed by atoms with Crippen LogP contribution in [0.25, 0.3) is 16.3 Å². The van der Waals surface area contributed by atoms with Gasteiger partial charge in [0.15, 0.2) is 11.9 Å². The van der Waals surface area contributed by atoms with Crippen molar-refractivity contribution in [2.75, 3.05) is 10.7 Å². The Bertz CT molecular complexity index is 2410. The monoisotopic (exact) mass is 1170 g/mol. The summed E-state index contributed by atoms with van der Waals surface area (Å²) in [4.78, 5) is 12.4. The molecule has 0 saturated carbocycles. The summed E-state index contributed by atoms with van der Waals surface area (Å²) in [5.41, 5.74) is 1.10. The van der Waals surface area contributed by atoms with Crippen molar-refractivity contribution < 1.29 is 53.4 Å². The largest absolute Gasteiger partial charge is 0.481 e. The van der Waals surface area contributed by atoms with Crippen LogP contribution < -0.4 is 9.47 Å². The normalized spacial score (nSPS) is 18.1. The Morgan fingerprint density at radius 2 is 1.62 bits per heavy atom. The molecular formula is C35H40I3N2O11S4+. The number of rotatable bonds is 18. The second-order valence-electron chi connectivity index (χ2n) is 13.0. The number of aromatic nitrogens is 1. The number of carbonyl (C=O) groups is 1. The molecule has 4 rings (SSSR count). The highest BCUT2D eigenvalue weighted by Gasteiger charge is 2.48. The molecule has 13 nitrogen and oxygen atoms in total. The number of aryl methyl sites for hydroxylation is 1. The number of unbranched alkanes of at least 4 members (excludes halogenated alkanes) is 1. The Kier molecular flexibility index (Phi) is 16.0. The van der Waals surface area contributed by atoms with E-state index in [-0.39, 0.29) is 29.9 Å². The summed E-state index contributed by atoms with van der Waals surface area (Å²) in [7, 11) is -13.4. The minimum Gasteiger partial charge on any atom is -0.481 e. The lowest BCUT2D eigenvalue weighted by atomic mass is 9.77. The Morgan fingerprint density at radius 1 is 0.945 bits per heavy atom. The Labute approximate surface area is 366 Å². The van der Waals surface area contributed by atoms with E-state index in [9.17, 15) is 48.8 Å². The van der Waals surface area contributed by atoms with Crippen molar-refractivity contribution in [2.45, 2.75) is 81.0 Å². The van der Waals surface area contributed by atoms with Gasteiger partial charge in [-0.2, -0.15) is 29.8 Å². The van der Waals surface area contributed by atoms with Crippen molar-refractivity contribution in [1.29, 1.82) is 0 Å². The van der Waals surface area contributed by atoms with Crippen LogP contribution in [0.15, 0.2) is 71.3 Å². The number of hydrogen-bond donors (Lipinski definition) is 4. The van der Waals surface area contributed by atoms with E-state index < -0.39 is 47.1 Å². The second-order valence-corrected chi connectivity index (χ2v) is 21.9.